The molecule has 30 heavy (non-hydrogen) atoms. The summed E-state index contributed by atoms with van der Waals surface area (Å²) >= 11 is 0. The predicted molar refractivity (Wildman–Crippen MR) is 108 cm³/mol. The van der Waals surface area contributed by atoms with Gasteiger partial charge in [-0.2, -0.15) is 5.26 Å². The molecule has 1 saturated carbocycles. The molecule has 5 rings (SSSR count). The lowest BCUT2D eigenvalue weighted by molar-refractivity contribution is 0.0694. The Bertz CT molecular complexity index is 1250. The van der Waals surface area contributed by atoms with Crippen LogP contribution in [-0.4, -0.2) is 27.6 Å². The van der Waals surface area contributed by atoms with Gasteiger partial charge in [-0.15, -0.1) is 0 Å². The van der Waals surface area contributed by atoms with E-state index in [-0.39, 0.29) is 11.0 Å². The number of pyridine rings is 1. The predicted octanol–water partition coefficient (Wildman–Crippen LogP) is 3.54. The number of halogens is 1. The van der Waals surface area contributed by atoms with Crippen molar-refractivity contribution in [3.05, 3.63) is 64.2 Å². The van der Waals surface area contributed by atoms with Gasteiger partial charge in [-0.05, 0) is 61.1 Å². The maximum Gasteiger partial charge on any atom is 0.337 e. The maximum atomic E-state index is 13.7. The number of fused-ring (bicyclic) bond motifs is 3. The number of carboxylic acids is 1. The Labute approximate surface area is 172 Å². The van der Waals surface area contributed by atoms with Gasteiger partial charge in [0.05, 0.1) is 22.5 Å². The monoisotopic (exact) mass is 402 g/mol. The molecule has 2 aromatic heterocycles. The minimum Gasteiger partial charge on any atom is -0.478 e. The summed E-state index contributed by atoms with van der Waals surface area (Å²) in [5.41, 5.74) is 11.5. The van der Waals surface area contributed by atoms with Crippen LogP contribution in [0, 0.1) is 17.1 Å². The van der Waals surface area contributed by atoms with Crippen LogP contribution >= 0.6 is 0 Å². The van der Waals surface area contributed by atoms with E-state index in [1.54, 1.807) is 12.3 Å². The van der Waals surface area contributed by atoms with Gasteiger partial charge < -0.3 is 15.8 Å². The number of hydrogen-bond acceptors (Lipinski definition) is 4. The Kier molecular flexibility index (Phi) is 4.02. The first-order chi connectivity index (χ1) is 14.5. The third-order valence-electron chi connectivity index (χ3n) is 6.37. The van der Waals surface area contributed by atoms with Gasteiger partial charge in [0.25, 0.3) is 0 Å². The minimum atomic E-state index is -0.933. The fraction of sp³-hybridized carbons (Fsp3) is 0.261. The Morgan fingerprint density at radius 3 is 2.80 bits per heavy atom. The summed E-state index contributed by atoms with van der Waals surface area (Å²) in [6.45, 7) is 0.410. The van der Waals surface area contributed by atoms with Gasteiger partial charge in [-0.25, -0.2) is 9.18 Å². The number of aromatic amines is 1. The zero-order valence-corrected chi connectivity index (χ0v) is 16.1. The van der Waals surface area contributed by atoms with Crippen LogP contribution in [0.15, 0.2) is 30.5 Å². The molecule has 3 aromatic rings. The SMILES string of the molecule is N#Cc1cc(-c2cc3c(cn2)CCc2c-3[nH]c(C3(CN)CC3)c2C(=O)O)ccc1F. The molecule has 0 bridgehead atoms. The molecule has 7 heteroatoms. The smallest absolute Gasteiger partial charge is 0.337 e. The average Bonchev–Trinajstić information content (AvgIpc) is 3.45. The maximum absolute atomic E-state index is 13.7. The van der Waals surface area contributed by atoms with E-state index >= 15 is 0 Å². The summed E-state index contributed by atoms with van der Waals surface area (Å²) in [4.78, 5) is 20.0. The Hall–Kier alpha value is -3.50. The first-order valence-corrected chi connectivity index (χ1v) is 9.85. The molecule has 0 radical (unpaired) electrons. The molecule has 0 amide bonds. The summed E-state index contributed by atoms with van der Waals surface area (Å²) in [6.07, 6.45) is 4.85. The van der Waals surface area contributed by atoms with Crippen LogP contribution in [0.3, 0.4) is 0 Å². The van der Waals surface area contributed by atoms with Crippen LogP contribution in [0.1, 0.15) is 45.6 Å². The summed E-state index contributed by atoms with van der Waals surface area (Å²) < 4.78 is 13.7. The van der Waals surface area contributed by atoms with Crippen molar-refractivity contribution >= 4 is 5.97 Å². The number of aryl methyl sites for hydroxylation is 1. The summed E-state index contributed by atoms with van der Waals surface area (Å²) in [5, 5.41) is 19.0. The number of hydrogen-bond donors (Lipinski definition) is 3. The van der Waals surface area contributed by atoms with Gasteiger partial charge >= 0.3 is 5.97 Å². The van der Waals surface area contributed by atoms with Crippen molar-refractivity contribution in [1.29, 1.82) is 5.26 Å². The van der Waals surface area contributed by atoms with E-state index in [9.17, 15) is 14.3 Å². The number of nitriles is 1. The Balaban J connectivity index is 1.68. The third kappa shape index (κ3) is 2.65. The number of carbonyl (C=O) groups is 1. The van der Waals surface area contributed by atoms with E-state index in [4.69, 9.17) is 11.0 Å². The fourth-order valence-electron chi connectivity index (χ4n) is 4.46. The number of nitrogens with zero attached hydrogens (tertiary/aromatic N) is 2. The van der Waals surface area contributed by atoms with Gasteiger partial charge in [-0.1, -0.05) is 0 Å². The van der Waals surface area contributed by atoms with E-state index in [1.165, 1.54) is 12.1 Å². The van der Waals surface area contributed by atoms with Crippen LogP contribution < -0.4 is 5.73 Å². The fourth-order valence-corrected chi connectivity index (χ4v) is 4.46. The van der Waals surface area contributed by atoms with Gasteiger partial charge in [0.1, 0.15) is 11.9 Å². The largest absolute Gasteiger partial charge is 0.478 e. The summed E-state index contributed by atoms with van der Waals surface area (Å²) in [6, 6.07) is 8.06. The average molecular weight is 402 g/mol. The van der Waals surface area contributed by atoms with Gasteiger partial charge in [0, 0.05) is 35.0 Å². The molecule has 0 saturated heterocycles. The number of aromatic carboxylic acids is 1. The topological polar surface area (TPSA) is 116 Å². The number of nitrogens with one attached hydrogen (secondary N) is 1. The van der Waals surface area contributed by atoms with Crippen LogP contribution in [0.5, 0.6) is 0 Å². The molecule has 6 nitrogen and oxygen atoms in total. The second kappa shape index (κ2) is 6.51. The quantitative estimate of drug-likeness (QED) is 0.617. The van der Waals surface area contributed by atoms with Crippen molar-refractivity contribution in [2.75, 3.05) is 6.54 Å². The van der Waals surface area contributed by atoms with Gasteiger partial charge in [0.15, 0.2) is 0 Å². The molecule has 2 aliphatic rings. The molecule has 2 aliphatic carbocycles. The molecule has 1 fully saturated rings. The van der Waals surface area contributed by atoms with Gasteiger partial charge in [0.2, 0.25) is 0 Å². The number of rotatable bonds is 4. The van der Waals surface area contributed by atoms with Crippen LogP contribution in [0.25, 0.3) is 22.5 Å². The number of carboxylic acid groups (broad SMARTS) is 1. The lowest BCUT2D eigenvalue weighted by Crippen LogP contribution is -2.23. The molecule has 0 aliphatic heterocycles. The first kappa shape index (κ1) is 18.5. The molecular weight excluding hydrogens is 383 g/mol. The van der Waals surface area contributed by atoms with E-state index < -0.39 is 11.8 Å². The van der Waals surface area contributed by atoms with Crippen molar-refractivity contribution in [3.63, 3.8) is 0 Å². The second-order valence-electron chi connectivity index (χ2n) is 8.05. The number of aromatic nitrogens is 2. The number of benzene rings is 1. The molecule has 1 aromatic carbocycles. The highest BCUT2D eigenvalue weighted by Crippen LogP contribution is 2.51. The minimum absolute atomic E-state index is 0.0401. The zero-order valence-electron chi connectivity index (χ0n) is 16.1. The van der Waals surface area contributed by atoms with E-state index in [0.29, 0.717) is 36.2 Å². The molecule has 150 valence electrons. The molecule has 0 spiro atoms. The van der Waals surface area contributed by atoms with Crippen molar-refractivity contribution in [2.45, 2.75) is 31.1 Å². The number of nitrogens with two attached hydrogens (primary N) is 1. The van der Waals surface area contributed by atoms with Crippen LogP contribution in [0.2, 0.25) is 0 Å². The normalized spacial score (nSPS) is 15.8. The van der Waals surface area contributed by atoms with E-state index in [2.05, 4.69) is 9.97 Å². The van der Waals surface area contributed by atoms with Crippen molar-refractivity contribution in [3.8, 4) is 28.6 Å². The highest BCUT2D eigenvalue weighted by Gasteiger charge is 2.48. The molecule has 2 heterocycles. The van der Waals surface area contributed by atoms with Crippen LogP contribution in [-0.2, 0) is 18.3 Å². The lowest BCUT2D eigenvalue weighted by Gasteiger charge is -2.17. The molecule has 0 atom stereocenters. The molecular formula is C23H19FN4O2. The van der Waals surface area contributed by atoms with E-state index in [0.717, 1.165) is 40.9 Å². The summed E-state index contributed by atoms with van der Waals surface area (Å²) in [5.74, 6) is -1.50. The van der Waals surface area contributed by atoms with E-state index in [1.807, 2.05) is 12.1 Å². The third-order valence-corrected chi connectivity index (χ3v) is 6.37. The molecule has 4 N–H and O–H groups in total. The lowest BCUT2D eigenvalue weighted by atomic mass is 9.87. The standard InChI is InChI=1S/C23H19FN4O2/c24-17-4-2-12(7-14(17)9-25)18-8-16-13(10-27-18)1-3-15-19(22(29)30)21(28-20(15)16)23(11-26)5-6-23/h2,4,7-8,10,28H,1,3,5-6,11,26H2,(H,29,30). The van der Waals surface area contributed by atoms with Gasteiger partial charge in [-0.3, -0.25) is 4.98 Å². The zero-order chi connectivity index (χ0) is 21.0. The first-order valence-electron chi connectivity index (χ1n) is 9.85. The number of H-pyrrole nitrogens is 1. The Morgan fingerprint density at radius 2 is 2.13 bits per heavy atom. The Morgan fingerprint density at radius 1 is 1.33 bits per heavy atom. The van der Waals surface area contributed by atoms with Crippen LogP contribution in [0.4, 0.5) is 4.39 Å². The van der Waals surface area contributed by atoms with Crippen molar-refractivity contribution < 1.29 is 14.3 Å². The second-order valence-corrected chi connectivity index (χ2v) is 8.05. The highest BCUT2D eigenvalue weighted by molar-refractivity contribution is 5.95. The summed E-state index contributed by atoms with van der Waals surface area (Å²) in [7, 11) is 0. The highest BCUT2D eigenvalue weighted by atomic mass is 19.1. The van der Waals surface area contributed by atoms with Crippen molar-refractivity contribution in [2.24, 2.45) is 5.73 Å². The molecule has 0 unspecified atom stereocenters. The van der Waals surface area contributed by atoms with Crippen molar-refractivity contribution in [1.82, 2.24) is 9.97 Å².